The molecule has 2 aromatic rings. The molecule has 0 bridgehead atoms. The van der Waals surface area contributed by atoms with Crippen molar-refractivity contribution in [2.75, 3.05) is 24.6 Å². The lowest BCUT2D eigenvalue weighted by Gasteiger charge is -2.24. The fourth-order valence-corrected chi connectivity index (χ4v) is 2.31. The fourth-order valence-electron chi connectivity index (χ4n) is 2.31. The maximum absolute atomic E-state index is 11.1. The molecule has 1 aromatic carbocycles. The fraction of sp³-hybridized carbons (Fsp3) is 0.357. The van der Waals surface area contributed by atoms with E-state index in [4.69, 9.17) is 0 Å². The van der Waals surface area contributed by atoms with Gasteiger partial charge in [0.25, 0.3) is 5.69 Å². The molecule has 2 rings (SSSR count). The van der Waals surface area contributed by atoms with E-state index in [1.54, 1.807) is 18.3 Å². The second kappa shape index (κ2) is 6.29. The summed E-state index contributed by atoms with van der Waals surface area (Å²) in [6.45, 7) is 3.37. The van der Waals surface area contributed by atoms with Gasteiger partial charge in [-0.1, -0.05) is 6.92 Å². The smallest absolute Gasteiger partial charge is 0.295 e. The molecule has 0 spiro atoms. The molecule has 0 aliphatic rings. The van der Waals surface area contributed by atoms with E-state index in [1.165, 1.54) is 6.07 Å². The van der Waals surface area contributed by atoms with Crippen LogP contribution >= 0.6 is 0 Å². The van der Waals surface area contributed by atoms with E-state index in [0.29, 0.717) is 12.1 Å². The van der Waals surface area contributed by atoms with Gasteiger partial charge in [-0.2, -0.15) is 0 Å². The van der Waals surface area contributed by atoms with Gasteiger partial charge in [-0.25, -0.2) is 4.98 Å². The lowest BCUT2D eigenvalue weighted by atomic mass is 10.1. The number of aliphatic hydroxyl groups is 1. The summed E-state index contributed by atoms with van der Waals surface area (Å²) in [6.07, 6.45) is 2.48. The zero-order valence-corrected chi connectivity index (χ0v) is 11.3. The quantitative estimate of drug-likeness (QED) is 0.646. The average molecular weight is 275 g/mol. The zero-order chi connectivity index (χ0) is 14.5. The van der Waals surface area contributed by atoms with Crippen LogP contribution in [-0.4, -0.2) is 34.7 Å². The van der Waals surface area contributed by atoms with Crippen LogP contribution in [0.25, 0.3) is 10.9 Å². The Labute approximate surface area is 116 Å². The first-order valence-electron chi connectivity index (χ1n) is 6.57. The number of fused-ring (bicyclic) bond motifs is 1. The van der Waals surface area contributed by atoms with E-state index in [1.807, 2.05) is 11.0 Å². The number of benzene rings is 1. The van der Waals surface area contributed by atoms with Crippen molar-refractivity contribution in [1.29, 1.82) is 0 Å². The van der Waals surface area contributed by atoms with Crippen LogP contribution in [0.4, 0.5) is 11.4 Å². The highest BCUT2D eigenvalue weighted by molar-refractivity contribution is 5.97. The van der Waals surface area contributed by atoms with Crippen LogP contribution in [0.5, 0.6) is 0 Å². The Hall–Kier alpha value is -2.21. The summed E-state index contributed by atoms with van der Waals surface area (Å²) >= 11 is 0. The third kappa shape index (κ3) is 2.70. The summed E-state index contributed by atoms with van der Waals surface area (Å²) in [5.74, 6) is 0. The Morgan fingerprint density at radius 3 is 2.80 bits per heavy atom. The molecule has 0 fully saturated rings. The van der Waals surface area contributed by atoms with E-state index >= 15 is 0 Å². The number of pyridine rings is 1. The highest BCUT2D eigenvalue weighted by atomic mass is 16.6. The Kier molecular flexibility index (Phi) is 4.47. The summed E-state index contributed by atoms with van der Waals surface area (Å²) in [6, 6.07) is 6.79. The third-order valence-corrected chi connectivity index (χ3v) is 3.13. The minimum absolute atomic E-state index is 0.00444. The molecule has 0 aliphatic carbocycles. The van der Waals surface area contributed by atoms with Gasteiger partial charge >= 0.3 is 0 Å². The molecule has 106 valence electrons. The van der Waals surface area contributed by atoms with Gasteiger partial charge in [0.05, 0.1) is 11.5 Å². The van der Waals surface area contributed by atoms with E-state index in [2.05, 4.69) is 11.9 Å². The maximum atomic E-state index is 11.1. The van der Waals surface area contributed by atoms with Gasteiger partial charge in [0.15, 0.2) is 0 Å². The van der Waals surface area contributed by atoms with Gasteiger partial charge in [-0.05, 0) is 24.6 Å². The van der Waals surface area contributed by atoms with E-state index < -0.39 is 4.92 Å². The van der Waals surface area contributed by atoms with Crippen molar-refractivity contribution in [1.82, 2.24) is 4.98 Å². The SMILES string of the molecule is CCCN(CCO)c1ccc([N+](=O)[O-])c2ncccc12. The molecular weight excluding hydrogens is 258 g/mol. The predicted octanol–water partition coefficient (Wildman–Crippen LogP) is 2.35. The number of hydrogen-bond donors (Lipinski definition) is 1. The molecule has 6 heteroatoms. The second-order valence-corrected chi connectivity index (χ2v) is 4.47. The highest BCUT2D eigenvalue weighted by Crippen LogP contribution is 2.32. The van der Waals surface area contributed by atoms with E-state index in [0.717, 1.165) is 24.0 Å². The molecule has 0 unspecified atom stereocenters. The molecule has 6 nitrogen and oxygen atoms in total. The molecule has 1 N–H and O–H groups in total. The van der Waals surface area contributed by atoms with Crippen molar-refractivity contribution < 1.29 is 10.0 Å². The molecule has 0 aliphatic heterocycles. The van der Waals surface area contributed by atoms with Crippen LogP contribution in [0, 0.1) is 10.1 Å². The van der Waals surface area contributed by atoms with Crippen molar-refractivity contribution in [2.24, 2.45) is 0 Å². The number of anilines is 1. The van der Waals surface area contributed by atoms with Gasteiger partial charge < -0.3 is 10.0 Å². The molecule has 1 aromatic heterocycles. The summed E-state index contributed by atoms with van der Waals surface area (Å²) in [4.78, 5) is 16.8. The van der Waals surface area contributed by atoms with Gasteiger partial charge in [-0.3, -0.25) is 10.1 Å². The van der Waals surface area contributed by atoms with Crippen LogP contribution in [0.1, 0.15) is 13.3 Å². The Balaban J connectivity index is 2.59. The molecule has 0 radical (unpaired) electrons. The Morgan fingerprint density at radius 2 is 2.15 bits per heavy atom. The van der Waals surface area contributed by atoms with Crippen LogP contribution < -0.4 is 4.90 Å². The first kappa shape index (κ1) is 14.2. The van der Waals surface area contributed by atoms with Crippen LogP contribution in [0.2, 0.25) is 0 Å². The summed E-state index contributed by atoms with van der Waals surface area (Å²) in [5, 5.41) is 21.0. The van der Waals surface area contributed by atoms with Gasteiger partial charge in [-0.15, -0.1) is 0 Å². The number of nitro groups is 1. The number of aliphatic hydroxyl groups excluding tert-OH is 1. The minimum atomic E-state index is -0.421. The molecule has 0 saturated heterocycles. The molecule has 0 amide bonds. The monoisotopic (exact) mass is 275 g/mol. The van der Waals surface area contributed by atoms with Crippen LogP contribution in [0.3, 0.4) is 0 Å². The number of nitrogens with zero attached hydrogens (tertiary/aromatic N) is 3. The van der Waals surface area contributed by atoms with Gasteiger partial charge in [0.2, 0.25) is 0 Å². The number of nitro benzene ring substituents is 1. The molecule has 1 heterocycles. The minimum Gasteiger partial charge on any atom is -0.395 e. The Bertz CT molecular complexity index is 610. The van der Waals surface area contributed by atoms with Crippen molar-refractivity contribution in [3.05, 3.63) is 40.6 Å². The lowest BCUT2D eigenvalue weighted by molar-refractivity contribution is -0.383. The van der Waals surface area contributed by atoms with Crippen LogP contribution in [0.15, 0.2) is 30.5 Å². The standard InChI is InChI=1S/C14H17N3O3/c1-2-8-16(9-10-18)12-5-6-13(17(19)20)14-11(12)4-3-7-15-14/h3-7,18H,2,8-10H2,1H3. The first-order chi connectivity index (χ1) is 9.69. The summed E-state index contributed by atoms with van der Waals surface area (Å²) in [5.41, 5.74) is 1.26. The predicted molar refractivity (Wildman–Crippen MR) is 78.0 cm³/mol. The van der Waals surface area contributed by atoms with E-state index in [9.17, 15) is 15.2 Å². The van der Waals surface area contributed by atoms with Crippen LogP contribution in [-0.2, 0) is 0 Å². The molecular formula is C14H17N3O3. The second-order valence-electron chi connectivity index (χ2n) is 4.47. The molecule has 20 heavy (non-hydrogen) atoms. The molecule has 0 saturated carbocycles. The van der Waals surface area contributed by atoms with Crippen molar-refractivity contribution in [3.8, 4) is 0 Å². The molecule has 0 atom stereocenters. The lowest BCUT2D eigenvalue weighted by Crippen LogP contribution is -2.27. The average Bonchev–Trinajstić information content (AvgIpc) is 2.45. The number of aromatic nitrogens is 1. The number of non-ortho nitro benzene ring substituents is 1. The zero-order valence-electron chi connectivity index (χ0n) is 11.3. The van der Waals surface area contributed by atoms with Gasteiger partial charge in [0, 0.05) is 36.4 Å². The topological polar surface area (TPSA) is 79.5 Å². The summed E-state index contributed by atoms with van der Waals surface area (Å²) < 4.78 is 0. The van der Waals surface area contributed by atoms with Gasteiger partial charge in [0.1, 0.15) is 5.52 Å². The van der Waals surface area contributed by atoms with Crippen molar-refractivity contribution in [2.45, 2.75) is 13.3 Å². The number of rotatable bonds is 6. The van der Waals surface area contributed by atoms with Crippen molar-refractivity contribution >= 4 is 22.3 Å². The summed E-state index contributed by atoms with van der Waals surface area (Å²) in [7, 11) is 0. The normalized spacial score (nSPS) is 10.7. The maximum Gasteiger partial charge on any atom is 0.295 e. The largest absolute Gasteiger partial charge is 0.395 e. The third-order valence-electron chi connectivity index (χ3n) is 3.13. The Morgan fingerprint density at radius 1 is 1.35 bits per heavy atom. The first-order valence-corrected chi connectivity index (χ1v) is 6.57. The van der Waals surface area contributed by atoms with E-state index in [-0.39, 0.29) is 12.3 Å². The van der Waals surface area contributed by atoms with Crippen molar-refractivity contribution in [3.63, 3.8) is 0 Å². The number of hydrogen-bond acceptors (Lipinski definition) is 5. The highest BCUT2D eigenvalue weighted by Gasteiger charge is 2.17.